The second kappa shape index (κ2) is 8.13. The highest BCUT2D eigenvalue weighted by Crippen LogP contribution is 2.20. The number of rotatable bonds is 8. The van der Waals surface area contributed by atoms with Crippen molar-refractivity contribution in [2.24, 2.45) is 0 Å². The van der Waals surface area contributed by atoms with Crippen molar-refractivity contribution in [3.8, 4) is 0 Å². The Balaban J connectivity index is 1.52. The third kappa shape index (κ3) is 4.24. The minimum absolute atomic E-state index is 0.694. The first-order valence-electron chi connectivity index (χ1n) is 8.18. The summed E-state index contributed by atoms with van der Waals surface area (Å²) in [5.74, 6) is 0. The second-order valence-corrected chi connectivity index (χ2v) is 6.16. The monoisotopic (exact) mass is 343 g/mol. The maximum atomic E-state index is 6.52. The molecule has 5 nitrogen and oxygen atoms in total. The molecule has 0 aliphatic heterocycles. The summed E-state index contributed by atoms with van der Waals surface area (Å²) < 4.78 is 3.81. The molecule has 0 atom stereocenters. The highest BCUT2D eigenvalue weighted by molar-refractivity contribution is 6.30. The summed E-state index contributed by atoms with van der Waals surface area (Å²) in [6.07, 6.45) is 4.81. The largest absolute Gasteiger partial charge is 0.312 e. The first kappa shape index (κ1) is 16.7. The van der Waals surface area contributed by atoms with Gasteiger partial charge in [-0.1, -0.05) is 41.9 Å². The number of aromatic nitrogens is 4. The van der Waals surface area contributed by atoms with Crippen LogP contribution >= 0.6 is 11.6 Å². The normalized spacial score (nSPS) is 11.1. The molecule has 0 spiro atoms. The summed E-state index contributed by atoms with van der Waals surface area (Å²) in [6, 6.07) is 12.2. The van der Waals surface area contributed by atoms with Gasteiger partial charge in [0.1, 0.15) is 5.15 Å². The van der Waals surface area contributed by atoms with E-state index in [2.05, 4.69) is 27.6 Å². The number of nitrogens with one attached hydrogen (secondary N) is 1. The van der Waals surface area contributed by atoms with Crippen LogP contribution in [0.15, 0.2) is 48.8 Å². The number of hydrogen-bond donors (Lipinski definition) is 1. The van der Waals surface area contributed by atoms with Crippen molar-refractivity contribution in [2.75, 3.05) is 6.54 Å². The third-order valence-electron chi connectivity index (χ3n) is 3.96. The van der Waals surface area contributed by atoms with Gasteiger partial charge in [0, 0.05) is 31.0 Å². The van der Waals surface area contributed by atoms with E-state index in [1.807, 2.05) is 46.7 Å². The Bertz CT molecular complexity index is 749. The van der Waals surface area contributed by atoms with Crippen LogP contribution in [0.4, 0.5) is 0 Å². The van der Waals surface area contributed by atoms with Crippen LogP contribution in [0.5, 0.6) is 0 Å². The molecule has 0 aliphatic carbocycles. The van der Waals surface area contributed by atoms with Crippen molar-refractivity contribution in [2.45, 2.75) is 33.0 Å². The van der Waals surface area contributed by atoms with E-state index >= 15 is 0 Å². The molecule has 126 valence electrons. The third-order valence-corrected chi connectivity index (χ3v) is 4.38. The van der Waals surface area contributed by atoms with E-state index in [0.29, 0.717) is 6.54 Å². The van der Waals surface area contributed by atoms with Crippen LogP contribution in [-0.2, 0) is 19.6 Å². The first-order valence-corrected chi connectivity index (χ1v) is 8.55. The molecule has 3 rings (SSSR count). The Morgan fingerprint density at radius 3 is 2.75 bits per heavy atom. The topological polar surface area (TPSA) is 47.7 Å². The number of nitrogens with zero attached hydrogens (tertiary/aromatic N) is 4. The summed E-state index contributed by atoms with van der Waals surface area (Å²) in [6.45, 7) is 5.27. The van der Waals surface area contributed by atoms with Crippen molar-refractivity contribution in [1.82, 2.24) is 24.9 Å². The molecule has 1 N–H and O–H groups in total. The summed E-state index contributed by atoms with van der Waals surface area (Å²) in [5.41, 5.74) is 3.25. The van der Waals surface area contributed by atoms with Gasteiger partial charge in [-0.15, -0.1) is 0 Å². The molecule has 6 heteroatoms. The SMILES string of the molecule is Cc1nn(Cc2ccccc2)c(Cl)c1CNCCCn1cccn1. The van der Waals surface area contributed by atoms with Crippen molar-refractivity contribution >= 4 is 11.6 Å². The highest BCUT2D eigenvalue weighted by Gasteiger charge is 2.13. The van der Waals surface area contributed by atoms with Crippen LogP contribution in [-0.4, -0.2) is 26.1 Å². The number of hydrogen-bond acceptors (Lipinski definition) is 3. The molecule has 0 fully saturated rings. The Hall–Kier alpha value is -2.11. The van der Waals surface area contributed by atoms with E-state index in [1.54, 1.807) is 6.20 Å². The summed E-state index contributed by atoms with van der Waals surface area (Å²) >= 11 is 6.52. The van der Waals surface area contributed by atoms with E-state index in [-0.39, 0.29) is 0 Å². The predicted molar refractivity (Wildman–Crippen MR) is 96.1 cm³/mol. The maximum Gasteiger partial charge on any atom is 0.132 e. The fourth-order valence-electron chi connectivity index (χ4n) is 2.66. The smallest absolute Gasteiger partial charge is 0.132 e. The average molecular weight is 344 g/mol. The molecule has 0 amide bonds. The molecule has 0 radical (unpaired) electrons. The predicted octanol–water partition coefficient (Wildman–Crippen LogP) is 3.27. The minimum atomic E-state index is 0.694. The van der Waals surface area contributed by atoms with Crippen LogP contribution in [0.2, 0.25) is 5.15 Å². The van der Waals surface area contributed by atoms with Gasteiger partial charge in [-0.05, 0) is 31.5 Å². The Kier molecular flexibility index (Phi) is 5.67. The zero-order valence-electron chi connectivity index (χ0n) is 13.8. The maximum absolute atomic E-state index is 6.52. The fraction of sp³-hybridized carbons (Fsp3) is 0.333. The molecule has 1 aromatic carbocycles. The molecule has 24 heavy (non-hydrogen) atoms. The van der Waals surface area contributed by atoms with Crippen LogP contribution < -0.4 is 5.32 Å². The van der Waals surface area contributed by atoms with Gasteiger partial charge >= 0.3 is 0 Å². The van der Waals surface area contributed by atoms with E-state index in [1.165, 1.54) is 5.56 Å². The van der Waals surface area contributed by atoms with Crippen molar-refractivity contribution < 1.29 is 0 Å². The molecular formula is C18H22ClN5. The van der Waals surface area contributed by atoms with Gasteiger partial charge in [0.25, 0.3) is 0 Å². The molecule has 2 heterocycles. The van der Waals surface area contributed by atoms with Gasteiger partial charge in [-0.3, -0.25) is 4.68 Å². The van der Waals surface area contributed by atoms with Gasteiger partial charge in [-0.2, -0.15) is 10.2 Å². The summed E-state index contributed by atoms with van der Waals surface area (Å²) in [4.78, 5) is 0. The lowest BCUT2D eigenvalue weighted by atomic mass is 10.2. The first-order chi connectivity index (χ1) is 11.7. The Labute approximate surface area is 147 Å². The number of aryl methyl sites for hydroxylation is 2. The zero-order chi connectivity index (χ0) is 16.8. The molecule has 0 saturated carbocycles. The van der Waals surface area contributed by atoms with Gasteiger partial charge < -0.3 is 5.32 Å². The van der Waals surface area contributed by atoms with Crippen molar-refractivity contribution in [3.05, 3.63) is 70.8 Å². The number of halogens is 1. The lowest BCUT2D eigenvalue weighted by molar-refractivity contribution is 0.543. The molecule has 2 aromatic heterocycles. The number of benzene rings is 1. The van der Waals surface area contributed by atoms with E-state index in [9.17, 15) is 0 Å². The van der Waals surface area contributed by atoms with Crippen LogP contribution in [0, 0.1) is 6.92 Å². The second-order valence-electron chi connectivity index (χ2n) is 5.80. The van der Waals surface area contributed by atoms with Gasteiger partial charge in [0.15, 0.2) is 0 Å². The van der Waals surface area contributed by atoms with Crippen molar-refractivity contribution in [3.63, 3.8) is 0 Å². The standard InChI is InChI=1S/C18H22ClN5/c1-15-17(13-20-9-5-11-23-12-6-10-21-23)18(19)24(22-15)14-16-7-3-2-4-8-16/h2-4,6-8,10,12,20H,5,9,11,13-14H2,1H3. The van der Waals surface area contributed by atoms with E-state index in [0.717, 1.165) is 42.5 Å². The fourth-order valence-corrected chi connectivity index (χ4v) is 2.97. The van der Waals surface area contributed by atoms with Crippen LogP contribution in [0.1, 0.15) is 23.2 Å². The van der Waals surface area contributed by atoms with E-state index < -0.39 is 0 Å². The van der Waals surface area contributed by atoms with Crippen LogP contribution in [0.25, 0.3) is 0 Å². The van der Waals surface area contributed by atoms with Gasteiger partial charge in [-0.25, -0.2) is 4.68 Å². The van der Waals surface area contributed by atoms with Gasteiger partial charge in [0.05, 0.1) is 12.2 Å². The lowest BCUT2D eigenvalue weighted by Crippen LogP contribution is -2.17. The molecular weight excluding hydrogens is 322 g/mol. The molecule has 0 unspecified atom stereocenters. The zero-order valence-corrected chi connectivity index (χ0v) is 14.6. The lowest BCUT2D eigenvalue weighted by Gasteiger charge is -2.06. The average Bonchev–Trinajstić information content (AvgIpc) is 3.19. The Morgan fingerprint density at radius 2 is 2.00 bits per heavy atom. The van der Waals surface area contributed by atoms with Gasteiger partial charge in [0.2, 0.25) is 0 Å². The highest BCUT2D eigenvalue weighted by atomic mass is 35.5. The molecule has 0 bridgehead atoms. The quantitative estimate of drug-likeness (QED) is 0.638. The molecule has 0 aliphatic rings. The van der Waals surface area contributed by atoms with Crippen molar-refractivity contribution in [1.29, 1.82) is 0 Å². The minimum Gasteiger partial charge on any atom is -0.312 e. The van der Waals surface area contributed by atoms with Crippen LogP contribution in [0.3, 0.4) is 0 Å². The molecule has 3 aromatic rings. The molecule has 0 saturated heterocycles. The summed E-state index contributed by atoms with van der Waals surface area (Å²) in [5, 5.41) is 12.9. The Morgan fingerprint density at radius 1 is 1.17 bits per heavy atom. The van der Waals surface area contributed by atoms with E-state index in [4.69, 9.17) is 11.6 Å². The summed E-state index contributed by atoms with van der Waals surface area (Å²) in [7, 11) is 0.